The van der Waals surface area contributed by atoms with Gasteiger partial charge in [-0.3, -0.25) is 0 Å². The highest BCUT2D eigenvalue weighted by molar-refractivity contribution is 7.26. The fourth-order valence-electron chi connectivity index (χ4n) is 10.6. The van der Waals surface area contributed by atoms with Crippen LogP contribution in [0.4, 0.5) is 17.1 Å². The van der Waals surface area contributed by atoms with Crippen LogP contribution < -0.4 is 4.90 Å². The number of hydrogen-bond acceptors (Lipinski definition) is 3. The van der Waals surface area contributed by atoms with Gasteiger partial charge in [0.05, 0.1) is 22.4 Å². The summed E-state index contributed by atoms with van der Waals surface area (Å²) in [7, 11) is 0. The molecule has 308 valence electrons. The summed E-state index contributed by atoms with van der Waals surface area (Å²) in [5.41, 5.74) is 13.1. The summed E-state index contributed by atoms with van der Waals surface area (Å²) in [4.78, 5) is 2.51. The molecule has 11 aromatic carbocycles. The second kappa shape index (κ2) is 14.5. The van der Waals surface area contributed by atoms with E-state index in [0.29, 0.717) is 0 Å². The third kappa shape index (κ3) is 5.55. The topological polar surface area (TPSA) is 21.3 Å². The molecule has 0 bridgehead atoms. The number of benzene rings is 11. The first-order chi connectivity index (χ1) is 32.7. The van der Waals surface area contributed by atoms with Crippen molar-refractivity contribution in [1.29, 1.82) is 0 Å². The van der Waals surface area contributed by atoms with Gasteiger partial charge in [0.15, 0.2) is 0 Å². The first-order valence-corrected chi connectivity index (χ1v) is 23.3. The molecular formula is C62H38N2OS. The molecule has 0 saturated heterocycles. The largest absolute Gasteiger partial charge is 0.455 e. The highest BCUT2D eigenvalue weighted by Crippen LogP contribution is 2.51. The predicted molar refractivity (Wildman–Crippen MR) is 282 cm³/mol. The average molecular weight is 859 g/mol. The van der Waals surface area contributed by atoms with E-state index in [-0.39, 0.29) is 0 Å². The molecule has 0 aliphatic heterocycles. The van der Waals surface area contributed by atoms with Gasteiger partial charge in [-0.2, -0.15) is 0 Å². The zero-order chi connectivity index (χ0) is 43.3. The molecule has 3 nitrogen and oxygen atoms in total. The molecule has 0 aliphatic carbocycles. The fourth-order valence-corrected chi connectivity index (χ4v) is 11.9. The standard InChI is InChI=1S/C62H38N2OS/c1-2-18-44-41(15-1)38-57(47-20-4-3-19-46(44)47)64(43-17-13-16-40(37-43)45-25-14-26-52-50-23-7-11-29-58(50)65-61(45)52)56-36-35-53-51-24-8-12-30-59(51)66-62(53)60(56)39-31-33-42(34-32-39)63-54-27-9-5-21-48(54)49-22-6-10-28-55(49)63/h1-38H. The van der Waals surface area contributed by atoms with Crippen molar-refractivity contribution in [3.05, 3.63) is 231 Å². The third-order valence-corrected chi connectivity index (χ3v) is 14.8. The Morgan fingerprint density at radius 2 is 1.03 bits per heavy atom. The molecule has 0 spiro atoms. The lowest BCUT2D eigenvalue weighted by molar-refractivity contribution is 0.670. The number of rotatable bonds is 6. The van der Waals surface area contributed by atoms with Crippen molar-refractivity contribution < 1.29 is 4.42 Å². The summed E-state index contributed by atoms with van der Waals surface area (Å²) in [6, 6.07) is 84.1. The van der Waals surface area contributed by atoms with Crippen LogP contribution in [0.3, 0.4) is 0 Å². The summed E-state index contributed by atoms with van der Waals surface area (Å²) in [6.45, 7) is 0. The monoisotopic (exact) mass is 858 g/mol. The Kier molecular flexibility index (Phi) is 8.15. The minimum absolute atomic E-state index is 0.894. The van der Waals surface area contributed by atoms with Crippen LogP contribution in [0.25, 0.3) is 113 Å². The summed E-state index contributed by atoms with van der Waals surface area (Å²) in [5, 5.41) is 12.1. The number of hydrogen-bond donors (Lipinski definition) is 0. The fraction of sp³-hybridized carbons (Fsp3) is 0. The van der Waals surface area contributed by atoms with E-state index in [0.717, 1.165) is 61.4 Å². The number of para-hydroxylation sites is 4. The lowest BCUT2D eigenvalue weighted by Gasteiger charge is -2.30. The van der Waals surface area contributed by atoms with E-state index in [1.54, 1.807) is 0 Å². The molecule has 66 heavy (non-hydrogen) atoms. The zero-order valence-corrected chi connectivity index (χ0v) is 36.5. The quantitative estimate of drug-likeness (QED) is 0.155. The molecule has 0 saturated carbocycles. The SMILES string of the molecule is c1cc(-c2cccc3c2oc2ccccc23)cc(N(c2ccc3c(sc4ccccc43)c2-c2ccc(-n3c4ccccc4c4ccccc43)cc2)c2cc3ccccc3c3ccccc23)c1. The normalized spacial score (nSPS) is 11.9. The van der Waals surface area contributed by atoms with Crippen LogP contribution in [0.2, 0.25) is 0 Å². The first kappa shape index (κ1) is 37.0. The van der Waals surface area contributed by atoms with Crippen LogP contribution in [0.5, 0.6) is 0 Å². The van der Waals surface area contributed by atoms with Crippen molar-refractivity contribution in [3.8, 4) is 27.9 Å². The van der Waals surface area contributed by atoms with E-state index in [1.807, 2.05) is 17.4 Å². The molecule has 0 atom stereocenters. The zero-order valence-electron chi connectivity index (χ0n) is 35.7. The van der Waals surface area contributed by atoms with Crippen LogP contribution in [0, 0.1) is 0 Å². The van der Waals surface area contributed by atoms with Gasteiger partial charge >= 0.3 is 0 Å². The van der Waals surface area contributed by atoms with Crippen molar-refractivity contribution in [2.45, 2.75) is 0 Å². The summed E-state index contributed by atoms with van der Waals surface area (Å²) < 4.78 is 11.6. The summed E-state index contributed by atoms with van der Waals surface area (Å²) in [5.74, 6) is 0. The van der Waals surface area contributed by atoms with Gasteiger partial charge in [-0.1, -0.05) is 170 Å². The van der Waals surface area contributed by atoms with Crippen molar-refractivity contribution in [2.75, 3.05) is 4.90 Å². The Bertz CT molecular complexity index is 4190. The number of thiophene rings is 1. The van der Waals surface area contributed by atoms with Crippen molar-refractivity contribution in [1.82, 2.24) is 4.57 Å². The molecule has 4 heteroatoms. The van der Waals surface area contributed by atoms with E-state index in [2.05, 4.69) is 234 Å². The molecule has 0 unspecified atom stereocenters. The molecule has 0 N–H and O–H groups in total. The minimum atomic E-state index is 0.894. The molecular weight excluding hydrogens is 821 g/mol. The van der Waals surface area contributed by atoms with Gasteiger partial charge in [0.1, 0.15) is 11.2 Å². The van der Waals surface area contributed by atoms with Gasteiger partial charge < -0.3 is 13.9 Å². The Balaban J connectivity index is 1.05. The maximum absolute atomic E-state index is 6.64. The Labute approximate surface area is 384 Å². The maximum Gasteiger partial charge on any atom is 0.143 e. The van der Waals surface area contributed by atoms with Gasteiger partial charge in [0.25, 0.3) is 0 Å². The number of aromatic nitrogens is 1. The molecule has 0 radical (unpaired) electrons. The van der Waals surface area contributed by atoms with Crippen molar-refractivity contribution in [3.63, 3.8) is 0 Å². The lowest BCUT2D eigenvalue weighted by atomic mass is 9.95. The molecule has 0 fully saturated rings. The number of anilines is 3. The van der Waals surface area contributed by atoms with Crippen LogP contribution in [0.15, 0.2) is 235 Å². The van der Waals surface area contributed by atoms with Gasteiger partial charge in [0.2, 0.25) is 0 Å². The van der Waals surface area contributed by atoms with Gasteiger partial charge in [-0.15, -0.1) is 11.3 Å². The number of nitrogens with zero attached hydrogens (tertiary/aromatic N) is 2. The van der Waals surface area contributed by atoms with Crippen LogP contribution in [-0.4, -0.2) is 4.57 Å². The lowest BCUT2D eigenvalue weighted by Crippen LogP contribution is -2.12. The molecule has 14 aromatic rings. The van der Waals surface area contributed by atoms with Gasteiger partial charge in [0, 0.05) is 69.6 Å². The number of fused-ring (bicyclic) bond motifs is 12. The summed E-state index contributed by atoms with van der Waals surface area (Å²) in [6.07, 6.45) is 0. The second-order valence-electron chi connectivity index (χ2n) is 17.2. The Morgan fingerprint density at radius 3 is 1.83 bits per heavy atom. The molecule has 3 aromatic heterocycles. The average Bonchev–Trinajstić information content (AvgIpc) is 4.07. The van der Waals surface area contributed by atoms with Crippen LogP contribution >= 0.6 is 11.3 Å². The van der Waals surface area contributed by atoms with E-state index in [4.69, 9.17) is 4.42 Å². The van der Waals surface area contributed by atoms with Crippen LogP contribution in [0.1, 0.15) is 0 Å². The van der Waals surface area contributed by atoms with E-state index < -0.39 is 0 Å². The Hall–Kier alpha value is -8.44. The molecule has 0 amide bonds. The predicted octanol–water partition coefficient (Wildman–Crippen LogP) is 18.2. The second-order valence-corrected chi connectivity index (χ2v) is 18.2. The van der Waals surface area contributed by atoms with Crippen molar-refractivity contribution >= 4 is 114 Å². The minimum Gasteiger partial charge on any atom is -0.455 e. The van der Waals surface area contributed by atoms with Gasteiger partial charge in [-0.05, 0) is 87.9 Å². The molecule has 14 rings (SSSR count). The Morgan fingerprint density at radius 1 is 0.394 bits per heavy atom. The third-order valence-electron chi connectivity index (χ3n) is 13.6. The highest BCUT2D eigenvalue weighted by atomic mass is 32.1. The van der Waals surface area contributed by atoms with E-state index in [9.17, 15) is 0 Å². The van der Waals surface area contributed by atoms with E-state index in [1.165, 1.54) is 69.1 Å². The smallest absolute Gasteiger partial charge is 0.143 e. The van der Waals surface area contributed by atoms with Gasteiger partial charge in [-0.25, -0.2) is 0 Å². The maximum atomic E-state index is 6.64. The molecule has 3 heterocycles. The summed E-state index contributed by atoms with van der Waals surface area (Å²) >= 11 is 1.88. The molecule has 0 aliphatic rings. The highest BCUT2D eigenvalue weighted by Gasteiger charge is 2.25. The number of furan rings is 1. The van der Waals surface area contributed by atoms with E-state index >= 15 is 0 Å². The first-order valence-electron chi connectivity index (χ1n) is 22.5. The van der Waals surface area contributed by atoms with Crippen molar-refractivity contribution in [2.24, 2.45) is 0 Å². The van der Waals surface area contributed by atoms with Crippen LogP contribution in [-0.2, 0) is 0 Å².